The number of carboxylic acid groups (broad SMARTS) is 1. The SMILES string of the molecule is C=C(CCCNC)C(=O)O.CCl. The molecule has 0 saturated carbocycles. The zero-order chi connectivity index (χ0) is 9.98. The Morgan fingerprint density at radius 2 is 2.08 bits per heavy atom. The maximum Gasteiger partial charge on any atom is 0.330 e. The molecule has 12 heavy (non-hydrogen) atoms. The van der Waals surface area contributed by atoms with Crippen LogP contribution in [-0.4, -0.2) is 31.1 Å². The van der Waals surface area contributed by atoms with Crippen LogP contribution in [0.2, 0.25) is 0 Å². The standard InChI is InChI=1S/C7H13NO2.CH3Cl/c1-6(7(9)10)4-3-5-8-2;1-2/h8H,1,3-5H2,2H3,(H,9,10);1H3. The van der Waals surface area contributed by atoms with Crippen LogP contribution in [0, 0.1) is 0 Å². The maximum atomic E-state index is 10.2. The average molecular weight is 194 g/mol. The molecule has 0 rings (SSSR count). The third-order valence-corrected chi connectivity index (χ3v) is 1.21. The largest absolute Gasteiger partial charge is 0.478 e. The van der Waals surface area contributed by atoms with Crippen molar-refractivity contribution in [3.63, 3.8) is 0 Å². The predicted molar refractivity (Wildman–Crippen MR) is 51.7 cm³/mol. The molecular formula is C8H16ClNO2. The maximum absolute atomic E-state index is 10.2. The lowest BCUT2D eigenvalue weighted by molar-refractivity contribution is -0.132. The fraction of sp³-hybridized carbons (Fsp3) is 0.625. The summed E-state index contributed by atoms with van der Waals surface area (Å²) in [6.07, 6.45) is 2.87. The molecule has 2 N–H and O–H groups in total. The Labute approximate surface area is 78.4 Å². The van der Waals surface area contributed by atoms with E-state index in [9.17, 15) is 4.79 Å². The summed E-state index contributed by atoms with van der Waals surface area (Å²) in [5, 5.41) is 11.3. The van der Waals surface area contributed by atoms with E-state index < -0.39 is 5.97 Å². The van der Waals surface area contributed by atoms with Crippen molar-refractivity contribution in [1.29, 1.82) is 0 Å². The molecule has 0 aliphatic rings. The molecule has 0 amide bonds. The first-order valence-corrected chi connectivity index (χ1v) is 4.37. The molecule has 0 unspecified atom stereocenters. The van der Waals surface area contributed by atoms with Crippen molar-refractivity contribution in [2.75, 3.05) is 20.0 Å². The van der Waals surface area contributed by atoms with Gasteiger partial charge in [0, 0.05) is 12.0 Å². The Morgan fingerprint density at radius 1 is 1.58 bits per heavy atom. The van der Waals surface area contributed by atoms with Crippen LogP contribution in [-0.2, 0) is 4.79 Å². The van der Waals surface area contributed by atoms with Gasteiger partial charge in [-0.3, -0.25) is 0 Å². The van der Waals surface area contributed by atoms with Gasteiger partial charge in [-0.15, -0.1) is 11.6 Å². The van der Waals surface area contributed by atoms with Gasteiger partial charge in [0.1, 0.15) is 0 Å². The second-order valence-corrected chi connectivity index (χ2v) is 2.12. The zero-order valence-electron chi connectivity index (χ0n) is 7.56. The first-order valence-electron chi connectivity index (χ1n) is 3.62. The summed E-state index contributed by atoms with van der Waals surface area (Å²) in [6.45, 7) is 4.24. The minimum atomic E-state index is -0.892. The number of hydrogen-bond donors (Lipinski definition) is 2. The van der Waals surface area contributed by atoms with Crippen molar-refractivity contribution < 1.29 is 9.90 Å². The van der Waals surface area contributed by atoms with Crippen LogP contribution in [0.4, 0.5) is 0 Å². The Bertz CT molecular complexity index is 137. The fourth-order valence-corrected chi connectivity index (χ4v) is 0.585. The number of carbonyl (C=O) groups is 1. The van der Waals surface area contributed by atoms with E-state index in [1.54, 1.807) is 0 Å². The molecule has 0 aliphatic heterocycles. The van der Waals surface area contributed by atoms with Crippen LogP contribution in [0.15, 0.2) is 12.2 Å². The molecule has 0 aromatic carbocycles. The molecule has 0 fully saturated rings. The van der Waals surface area contributed by atoms with E-state index in [2.05, 4.69) is 23.5 Å². The molecule has 0 aromatic rings. The van der Waals surface area contributed by atoms with Crippen molar-refractivity contribution in [2.45, 2.75) is 12.8 Å². The quantitative estimate of drug-likeness (QED) is 0.395. The van der Waals surface area contributed by atoms with Gasteiger partial charge >= 0.3 is 5.97 Å². The zero-order valence-corrected chi connectivity index (χ0v) is 8.32. The molecular weight excluding hydrogens is 178 g/mol. The van der Waals surface area contributed by atoms with Crippen LogP contribution in [0.25, 0.3) is 0 Å². The van der Waals surface area contributed by atoms with Crippen molar-refractivity contribution in [1.82, 2.24) is 5.32 Å². The summed E-state index contributed by atoms with van der Waals surface area (Å²) in [7, 11) is 1.84. The van der Waals surface area contributed by atoms with Gasteiger partial charge in [0.15, 0.2) is 0 Å². The van der Waals surface area contributed by atoms with Gasteiger partial charge in [-0.2, -0.15) is 0 Å². The summed E-state index contributed by atoms with van der Waals surface area (Å²) in [4.78, 5) is 10.2. The number of halogens is 1. The molecule has 0 spiro atoms. The van der Waals surface area contributed by atoms with Crippen molar-refractivity contribution in [2.24, 2.45) is 0 Å². The summed E-state index contributed by atoms with van der Waals surface area (Å²) >= 11 is 4.64. The van der Waals surface area contributed by atoms with Gasteiger partial charge in [-0.1, -0.05) is 6.58 Å². The first kappa shape index (κ1) is 14.0. The third kappa shape index (κ3) is 9.46. The van der Waals surface area contributed by atoms with Gasteiger partial charge in [-0.05, 0) is 26.4 Å². The monoisotopic (exact) mass is 193 g/mol. The number of alkyl halides is 1. The number of carboxylic acids is 1. The van der Waals surface area contributed by atoms with Gasteiger partial charge in [0.25, 0.3) is 0 Å². The molecule has 0 aliphatic carbocycles. The molecule has 0 saturated heterocycles. The molecule has 0 heterocycles. The minimum Gasteiger partial charge on any atom is -0.478 e. The van der Waals surface area contributed by atoms with Gasteiger partial charge in [0.2, 0.25) is 0 Å². The Balaban J connectivity index is 0. The topological polar surface area (TPSA) is 49.3 Å². The molecule has 72 valence electrons. The Morgan fingerprint density at radius 3 is 2.42 bits per heavy atom. The van der Waals surface area contributed by atoms with E-state index >= 15 is 0 Å². The molecule has 4 heteroatoms. The predicted octanol–water partition coefficient (Wildman–Crippen LogP) is 1.48. The van der Waals surface area contributed by atoms with E-state index in [0.29, 0.717) is 6.42 Å². The second-order valence-electron chi connectivity index (χ2n) is 2.12. The summed E-state index contributed by atoms with van der Waals surface area (Å²) < 4.78 is 0. The number of aliphatic carboxylic acids is 1. The van der Waals surface area contributed by atoms with E-state index in [4.69, 9.17) is 5.11 Å². The summed E-state index contributed by atoms with van der Waals surface area (Å²) in [5.74, 6) is -0.892. The van der Waals surface area contributed by atoms with Crippen LogP contribution in [0.3, 0.4) is 0 Å². The highest BCUT2D eigenvalue weighted by molar-refractivity contribution is 6.15. The van der Waals surface area contributed by atoms with Gasteiger partial charge in [0.05, 0.1) is 0 Å². The van der Waals surface area contributed by atoms with Gasteiger partial charge < -0.3 is 10.4 Å². The van der Waals surface area contributed by atoms with E-state index in [0.717, 1.165) is 13.0 Å². The Hall–Kier alpha value is -0.540. The lowest BCUT2D eigenvalue weighted by Crippen LogP contribution is -2.09. The smallest absolute Gasteiger partial charge is 0.330 e. The summed E-state index contributed by atoms with van der Waals surface area (Å²) in [6, 6.07) is 0. The average Bonchev–Trinajstić information content (AvgIpc) is 2.08. The Kier molecular flexibility index (Phi) is 12.2. The molecule has 0 atom stereocenters. The highest BCUT2D eigenvalue weighted by Gasteiger charge is 2.01. The van der Waals surface area contributed by atoms with Crippen LogP contribution < -0.4 is 5.32 Å². The lowest BCUT2D eigenvalue weighted by atomic mass is 10.2. The van der Waals surface area contributed by atoms with Crippen LogP contribution in [0.1, 0.15) is 12.8 Å². The highest BCUT2D eigenvalue weighted by atomic mass is 35.5. The lowest BCUT2D eigenvalue weighted by Gasteiger charge is -1.98. The normalized spacial score (nSPS) is 8.25. The fourth-order valence-electron chi connectivity index (χ4n) is 0.585. The molecule has 0 radical (unpaired) electrons. The van der Waals surface area contributed by atoms with Crippen molar-refractivity contribution >= 4 is 17.6 Å². The second kappa shape index (κ2) is 10.5. The number of hydrogen-bond acceptors (Lipinski definition) is 2. The summed E-state index contributed by atoms with van der Waals surface area (Å²) in [5.41, 5.74) is 0.287. The van der Waals surface area contributed by atoms with Crippen molar-refractivity contribution in [3.8, 4) is 0 Å². The first-order chi connectivity index (χ1) is 5.68. The third-order valence-electron chi connectivity index (χ3n) is 1.21. The van der Waals surface area contributed by atoms with Crippen LogP contribution in [0.5, 0.6) is 0 Å². The van der Waals surface area contributed by atoms with Crippen molar-refractivity contribution in [3.05, 3.63) is 12.2 Å². The number of rotatable bonds is 5. The molecule has 0 aromatic heterocycles. The molecule has 0 bridgehead atoms. The minimum absolute atomic E-state index is 0.287. The van der Waals surface area contributed by atoms with E-state index in [-0.39, 0.29) is 5.57 Å². The van der Waals surface area contributed by atoms with E-state index in [1.165, 1.54) is 6.38 Å². The van der Waals surface area contributed by atoms with Crippen LogP contribution >= 0.6 is 11.6 Å². The van der Waals surface area contributed by atoms with E-state index in [1.807, 2.05) is 7.05 Å². The molecule has 3 nitrogen and oxygen atoms in total. The number of nitrogens with one attached hydrogen (secondary N) is 1. The highest BCUT2D eigenvalue weighted by Crippen LogP contribution is 2.00. The van der Waals surface area contributed by atoms with Gasteiger partial charge in [-0.25, -0.2) is 4.79 Å².